The van der Waals surface area contributed by atoms with Gasteiger partial charge in [0.1, 0.15) is 17.8 Å². The lowest BCUT2D eigenvalue weighted by molar-refractivity contribution is 0.0781. The SMILES string of the molecule is CN1Cc2c(C(=O)C3CC3)ncn2-c2cccc(F)c2C1=O. The van der Waals surface area contributed by atoms with Crippen molar-refractivity contribution in [3.05, 3.63) is 47.3 Å². The summed E-state index contributed by atoms with van der Waals surface area (Å²) in [4.78, 5) is 30.4. The number of benzene rings is 1. The van der Waals surface area contributed by atoms with E-state index in [2.05, 4.69) is 4.98 Å². The lowest BCUT2D eigenvalue weighted by Crippen LogP contribution is -2.26. The molecule has 1 aromatic heterocycles. The zero-order valence-corrected chi connectivity index (χ0v) is 12.0. The van der Waals surface area contributed by atoms with Gasteiger partial charge in [-0.15, -0.1) is 0 Å². The third kappa shape index (κ3) is 1.80. The first-order chi connectivity index (χ1) is 10.6. The van der Waals surface area contributed by atoms with E-state index in [1.807, 2.05) is 0 Å². The van der Waals surface area contributed by atoms with Gasteiger partial charge in [-0.25, -0.2) is 9.37 Å². The van der Waals surface area contributed by atoms with E-state index < -0.39 is 5.82 Å². The van der Waals surface area contributed by atoms with Gasteiger partial charge < -0.3 is 4.90 Å². The van der Waals surface area contributed by atoms with Crippen LogP contribution in [0, 0.1) is 11.7 Å². The minimum Gasteiger partial charge on any atom is -0.336 e. The number of Topliss-reactive ketones (excluding diaryl/α,β-unsaturated/α-hetero) is 1. The molecule has 6 heteroatoms. The molecule has 0 spiro atoms. The molecule has 0 atom stereocenters. The fourth-order valence-corrected chi connectivity index (χ4v) is 2.89. The monoisotopic (exact) mass is 299 g/mol. The maximum absolute atomic E-state index is 14.1. The van der Waals surface area contributed by atoms with Gasteiger partial charge in [0.15, 0.2) is 5.78 Å². The molecular weight excluding hydrogens is 285 g/mol. The molecule has 2 aromatic rings. The van der Waals surface area contributed by atoms with Crippen LogP contribution in [0.2, 0.25) is 0 Å². The van der Waals surface area contributed by atoms with E-state index in [9.17, 15) is 14.0 Å². The topological polar surface area (TPSA) is 55.2 Å². The zero-order chi connectivity index (χ0) is 15.4. The van der Waals surface area contributed by atoms with Gasteiger partial charge in [0.2, 0.25) is 0 Å². The quantitative estimate of drug-likeness (QED) is 0.799. The summed E-state index contributed by atoms with van der Waals surface area (Å²) in [5.41, 5.74) is 1.51. The first-order valence-electron chi connectivity index (χ1n) is 7.22. The number of nitrogens with zero attached hydrogens (tertiary/aromatic N) is 3. The smallest absolute Gasteiger partial charge is 0.259 e. The van der Waals surface area contributed by atoms with Gasteiger partial charge in [-0.1, -0.05) is 6.07 Å². The molecule has 22 heavy (non-hydrogen) atoms. The summed E-state index contributed by atoms with van der Waals surface area (Å²) >= 11 is 0. The number of rotatable bonds is 2. The average Bonchev–Trinajstić information content (AvgIpc) is 3.28. The van der Waals surface area contributed by atoms with Crippen LogP contribution in [0.4, 0.5) is 4.39 Å². The second-order valence-electron chi connectivity index (χ2n) is 5.84. The van der Waals surface area contributed by atoms with Gasteiger partial charge in [-0.2, -0.15) is 0 Å². The molecule has 4 rings (SSSR count). The maximum atomic E-state index is 14.1. The lowest BCUT2D eigenvalue weighted by atomic mass is 10.1. The Morgan fingerprint density at radius 3 is 2.86 bits per heavy atom. The number of imidazole rings is 1. The third-order valence-corrected chi connectivity index (χ3v) is 4.25. The number of hydrogen-bond donors (Lipinski definition) is 0. The van der Waals surface area contributed by atoms with Crippen LogP contribution in [0.15, 0.2) is 24.5 Å². The van der Waals surface area contributed by atoms with Gasteiger partial charge in [-0.3, -0.25) is 14.2 Å². The predicted molar refractivity (Wildman–Crippen MR) is 76.4 cm³/mol. The van der Waals surface area contributed by atoms with Gasteiger partial charge in [0, 0.05) is 13.0 Å². The summed E-state index contributed by atoms with van der Waals surface area (Å²) < 4.78 is 15.8. The number of carbonyl (C=O) groups is 2. The Hall–Kier alpha value is -2.50. The van der Waals surface area contributed by atoms with Crippen LogP contribution in [0.1, 0.15) is 39.4 Å². The highest BCUT2D eigenvalue weighted by molar-refractivity contribution is 6.01. The van der Waals surface area contributed by atoms with Crippen LogP contribution >= 0.6 is 0 Å². The third-order valence-electron chi connectivity index (χ3n) is 4.25. The van der Waals surface area contributed by atoms with Gasteiger partial charge in [-0.05, 0) is 25.0 Å². The van der Waals surface area contributed by atoms with Crippen molar-refractivity contribution in [2.45, 2.75) is 19.4 Å². The highest BCUT2D eigenvalue weighted by Crippen LogP contribution is 2.35. The van der Waals surface area contributed by atoms with Crippen LogP contribution in [0.5, 0.6) is 0 Å². The second-order valence-corrected chi connectivity index (χ2v) is 5.84. The van der Waals surface area contributed by atoms with Crippen LogP contribution in [-0.2, 0) is 6.54 Å². The number of ketones is 1. The highest BCUT2D eigenvalue weighted by atomic mass is 19.1. The first kappa shape index (κ1) is 13.2. The van der Waals surface area contributed by atoms with Crippen molar-refractivity contribution >= 4 is 11.7 Å². The number of carbonyl (C=O) groups excluding carboxylic acids is 2. The van der Waals surface area contributed by atoms with Gasteiger partial charge in [0.05, 0.1) is 23.5 Å². The van der Waals surface area contributed by atoms with E-state index >= 15 is 0 Å². The molecule has 1 aliphatic heterocycles. The van der Waals surface area contributed by atoms with E-state index in [1.165, 1.54) is 17.3 Å². The molecule has 1 aromatic carbocycles. The molecule has 5 nitrogen and oxygen atoms in total. The van der Waals surface area contributed by atoms with Crippen LogP contribution in [-0.4, -0.2) is 33.2 Å². The van der Waals surface area contributed by atoms with Crippen LogP contribution in [0.25, 0.3) is 5.69 Å². The molecule has 0 saturated heterocycles. The summed E-state index contributed by atoms with van der Waals surface area (Å²) in [5, 5.41) is 0. The normalized spacial score (nSPS) is 17.0. The molecule has 2 aliphatic rings. The van der Waals surface area contributed by atoms with E-state index in [1.54, 1.807) is 23.7 Å². The number of hydrogen-bond acceptors (Lipinski definition) is 3. The Labute approximate surface area is 126 Å². The first-order valence-corrected chi connectivity index (χ1v) is 7.22. The zero-order valence-electron chi connectivity index (χ0n) is 12.0. The van der Waals surface area contributed by atoms with Crippen molar-refractivity contribution in [2.24, 2.45) is 5.92 Å². The van der Waals surface area contributed by atoms with Crippen molar-refractivity contribution in [1.82, 2.24) is 14.5 Å². The molecule has 2 heterocycles. The van der Waals surface area contributed by atoms with E-state index in [0.29, 0.717) is 17.1 Å². The maximum Gasteiger partial charge on any atom is 0.259 e. The molecular formula is C16H14FN3O2. The van der Waals surface area contributed by atoms with Crippen molar-refractivity contribution in [3.8, 4) is 5.69 Å². The number of fused-ring (bicyclic) bond motifs is 3. The molecule has 1 amide bonds. The van der Waals surface area contributed by atoms with Crippen LogP contribution in [0.3, 0.4) is 0 Å². The second kappa shape index (κ2) is 4.50. The molecule has 0 radical (unpaired) electrons. The summed E-state index contributed by atoms with van der Waals surface area (Å²) in [6, 6.07) is 4.49. The Morgan fingerprint density at radius 2 is 2.14 bits per heavy atom. The minimum atomic E-state index is -0.564. The largest absolute Gasteiger partial charge is 0.336 e. The van der Waals surface area contributed by atoms with Crippen LogP contribution < -0.4 is 0 Å². The summed E-state index contributed by atoms with van der Waals surface area (Å²) in [6.45, 7) is 0.237. The van der Waals surface area contributed by atoms with Crippen molar-refractivity contribution in [3.63, 3.8) is 0 Å². The molecule has 0 bridgehead atoms. The fraction of sp³-hybridized carbons (Fsp3) is 0.312. The molecule has 0 unspecified atom stereocenters. The Bertz CT molecular complexity index is 808. The van der Waals surface area contributed by atoms with Crippen molar-refractivity contribution in [1.29, 1.82) is 0 Å². The van der Waals surface area contributed by atoms with E-state index in [4.69, 9.17) is 0 Å². The minimum absolute atomic E-state index is 0.0200. The van der Waals surface area contributed by atoms with E-state index in [-0.39, 0.29) is 29.7 Å². The summed E-state index contributed by atoms with van der Waals surface area (Å²) in [6.07, 6.45) is 3.30. The number of aromatic nitrogens is 2. The summed E-state index contributed by atoms with van der Waals surface area (Å²) in [5.74, 6) is -0.877. The highest BCUT2D eigenvalue weighted by Gasteiger charge is 2.36. The summed E-state index contributed by atoms with van der Waals surface area (Å²) in [7, 11) is 1.60. The predicted octanol–water partition coefficient (Wildman–Crippen LogP) is 2.19. The van der Waals surface area contributed by atoms with Crippen molar-refractivity contribution in [2.75, 3.05) is 7.05 Å². The fourth-order valence-electron chi connectivity index (χ4n) is 2.89. The molecule has 0 N–H and O–H groups in total. The van der Waals surface area contributed by atoms with Gasteiger partial charge >= 0.3 is 0 Å². The molecule has 112 valence electrons. The molecule has 1 fully saturated rings. The Kier molecular flexibility index (Phi) is 2.69. The number of halogens is 1. The average molecular weight is 299 g/mol. The molecule has 1 aliphatic carbocycles. The Morgan fingerprint density at radius 1 is 1.36 bits per heavy atom. The van der Waals surface area contributed by atoms with Crippen molar-refractivity contribution < 1.29 is 14.0 Å². The van der Waals surface area contributed by atoms with E-state index in [0.717, 1.165) is 12.8 Å². The van der Waals surface area contributed by atoms with Gasteiger partial charge in [0.25, 0.3) is 5.91 Å². The standard InChI is InChI=1S/C16H14FN3O2/c1-19-7-12-14(15(21)9-5-6-9)18-8-20(12)11-4-2-3-10(17)13(11)16(19)22/h2-4,8-9H,5-7H2,1H3. The lowest BCUT2D eigenvalue weighted by Gasteiger charge is -2.14. The number of amides is 1. The Balaban J connectivity index is 1.94. The molecule has 1 saturated carbocycles.